The van der Waals surface area contributed by atoms with E-state index < -0.39 is 11.6 Å². The fourth-order valence-electron chi connectivity index (χ4n) is 1.90. The van der Waals surface area contributed by atoms with E-state index in [0.29, 0.717) is 23.2 Å². The lowest BCUT2D eigenvalue weighted by Gasteiger charge is -2.08. The van der Waals surface area contributed by atoms with Crippen LogP contribution in [0.2, 0.25) is 0 Å². The summed E-state index contributed by atoms with van der Waals surface area (Å²) in [6, 6.07) is 2.50. The average molecular weight is 329 g/mol. The van der Waals surface area contributed by atoms with E-state index in [9.17, 15) is 13.6 Å². The number of hydrogen-bond donors (Lipinski definition) is 0. The Morgan fingerprint density at radius 2 is 2.05 bits per heavy atom. The lowest BCUT2D eigenvalue weighted by atomic mass is 10.2. The number of rotatable bonds is 3. The summed E-state index contributed by atoms with van der Waals surface area (Å²) >= 11 is 3.02. The molecule has 1 aromatic carbocycles. The molecule has 0 aliphatic rings. The van der Waals surface area contributed by atoms with Gasteiger partial charge >= 0.3 is 0 Å². The van der Waals surface area contributed by atoms with E-state index in [1.165, 1.54) is 16.8 Å². The highest BCUT2D eigenvalue weighted by atomic mass is 79.9. The maximum absolute atomic E-state index is 13.9. The third kappa shape index (κ3) is 2.45. The number of aromatic nitrogens is 2. The maximum atomic E-state index is 13.9. The molecule has 6 heteroatoms. The Kier molecular flexibility index (Phi) is 3.80. The van der Waals surface area contributed by atoms with Gasteiger partial charge in [-0.05, 0) is 41.9 Å². The van der Waals surface area contributed by atoms with Crippen LogP contribution < -0.4 is 0 Å². The zero-order chi connectivity index (χ0) is 14.2. The molecule has 100 valence electrons. The molecule has 0 aliphatic carbocycles. The van der Waals surface area contributed by atoms with Gasteiger partial charge in [0.15, 0.2) is 6.29 Å². The summed E-state index contributed by atoms with van der Waals surface area (Å²) in [5.74, 6) is -1.29. The number of halogens is 3. The van der Waals surface area contributed by atoms with Crippen molar-refractivity contribution in [1.82, 2.24) is 9.78 Å². The van der Waals surface area contributed by atoms with Gasteiger partial charge in [0.1, 0.15) is 11.6 Å². The number of carbonyl (C=O) groups excluding carboxylic acids is 1. The molecule has 0 fully saturated rings. The van der Waals surface area contributed by atoms with Crippen molar-refractivity contribution in [2.24, 2.45) is 0 Å². The summed E-state index contributed by atoms with van der Waals surface area (Å²) in [7, 11) is 0. The van der Waals surface area contributed by atoms with Crippen molar-refractivity contribution < 1.29 is 13.6 Å². The zero-order valence-corrected chi connectivity index (χ0v) is 12.0. The molecule has 0 saturated heterocycles. The van der Waals surface area contributed by atoms with Gasteiger partial charge in [0.05, 0.1) is 22.3 Å². The first-order valence-corrected chi connectivity index (χ1v) is 6.36. The van der Waals surface area contributed by atoms with E-state index in [2.05, 4.69) is 21.0 Å². The number of hydrogen-bond acceptors (Lipinski definition) is 2. The van der Waals surface area contributed by atoms with Gasteiger partial charge in [0.2, 0.25) is 0 Å². The van der Waals surface area contributed by atoms with Gasteiger partial charge in [-0.1, -0.05) is 0 Å². The highest BCUT2D eigenvalue weighted by molar-refractivity contribution is 9.10. The predicted octanol–water partition coefficient (Wildman–Crippen LogP) is 3.40. The Morgan fingerprint density at radius 1 is 1.37 bits per heavy atom. The van der Waals surface area contributed by atoms with Crippen molar-refractivity contribution in [3.8, 4) is 0 Å². The lowest BCUT2D eigenvalue weighted by Crippen LogP contribution is -2.08. The second-order valence-corrected chi connectivity index (χ2v) is 5.04. The molecule has 0 aliphatic heterocycles. The standard InChI is InChI=1S/C13H11BrF2N2O/c1-7-10(6-19)8(2)18(17-7)5-9-12(15)4-3-11(14)13(9)16/h3-4,6H,5H2,1-2H3. The monoisotopic (exact) mass is 328 g/mol. The molecule has 0 saturated carbocycles. The van der Waals surface area contributed by atoms with Crippen LogP contribution in [0.15, 0.2) is 16.6 Å². The van der Waals surface area contributed by atoms with E-state index in [1.807, 2.05) is 0 Å². The van der Waals surface area contributed by atoms with Gasteiger partial charge in [-0.25, -0.2) is 8.78 Å². The van der Waals surface area contributed by atoms with Crippen molar-refractivity contribution in [3.63, 3.8) is 0 Å². The lowest BCUT2D eigenvalue weighted by molar-refractivity contribution is 0.112. The number of aldehydes is 1. The minimum atomic E-state index is -0.653. The second kappa shape index (κ2) is 5.21. The predicted molar refractivity (Wildman–Crippen MR) is 70.2 cm³/mol. The Bertz CT molecular complexity index is 653. The van der Waals surface area contributed by atoms with Gasteiger partial charge in [0, 0.05) is 11.3 Å². The molecule has 0 radical (unpaired) electrons. The van der Waals surface area contributed by atoms with Crippen LogP contribution in [0.1, 0.15) is 27.3 Å². The SMILES string of the molecule is Cc1nn(Cc2c(F)ccc(Br)c2F)c(C)c1C=O. The summed E-state index contributed by atoms with van der Waals surface area (Å²) in [5.41, 5.74) is 1.50. The van der Waals surface area contributed by atoms with E-state index in [4.69, 9.17) is 0 Å². The van der Waals surface area contributed by atoms with Gasteiger partial charge in [0.25, 0.3) is 0 Å². The van der Waals surface area contributed by atoms with Crippen molar-refractivity contribution >= 4 is 22.2 Å². The first kappa shape index (κ1) is 13.9. The maximum Gasteiger partial charge on any atom is 0.153 e. The molecule has 2 rings (SSSR count). The number of carbonyl (C=O) groups is 1. The van der Waals surface area contributed by atoms with E-state index in [-0.39, 0.29) is 16.6 Å². The number of nitrogens with zero attached hydrogens (tertiary/aromatic N) is 2. The molecule has 0 amide bonds. The Labute approximate surface area is 117 Å². The van der Waals surface area contributed by atoms with Crippen molar-refractivity contribution in [2.75, 3.05) is 0 Å². The summed E-state index contributed by atoms with van der Waals surface area (Å²) in [5, 5.41) is 4.12. The molecule has 2 aromatic rings. The van der Waals surface area contributed by atoms with Gasteiger partial charge < -0.3 is 0 Å². The fourth-order valence-corrected chi connectivity index (χ4v) is 2.27. The molecule has 0 N–H and O–H groups in total. The van der Waals surface area contributed by atoms with Crippen molar-refractivity contribution in [3.05, 3.63) is 50.8 Å². The normalized spacial score (nSPS) is 10.8. The van der Waals surface area contributed by atoms with Crippen LogP contribution in [0.5, 0.6) is 0 Å². The first-order valence-electron chi connectivity index (χ1n) is 5.57. The van der Waals surface area contributed by atoms with Crippen LogP contribution in [0.25, 0.3) is 0 Å². The summed E-state index contributed by atoms with van der Waals surface area (Å²) < 4.78 is 29.2. The van der Waals surface area contributed by atoms with E-state index in [0.717, 1.165) is 0 Å². The van der Waals surface area contributed by atoms with Gasteiger partial charge in [-0.15, -0.1) is 0 Å². The largest absolute Gasteiger partial charge is 0.298 e. The highest BCUT2D eigenvalue weighted by Gasteiger charge is 2.16. The van der Waals surface area contributed by atoms with Crippen LogP contribution >= 0.6 is 15.9 Å². The molecule has 1 heterocycles. The Hall–Kier alpha value is -1.56. The van der Waals surface area contributed by atoms with E-state index >= 15 is 0 Å². The van der Waals surface area contributed by atoms with Crippen molar-refractivity contribution in [2.45, 2.75) is 20.4 Å². The molecule has 19 heavy (non-hydrogen) atoms. The third-order valence-corrected chi connectivity index (χ3v) is 3.61. The third-order valence-electron chi connectivity index (χ3n) is 3.00. The Balaban J connectivity index is 2.48. The molecule has 3 nitrogen and oxygen atoms in total. The molecule has 1 aromatic heterocycles. The number of benzene rings is 1. The minimum Gasteiger partial charge on any atom is -0.298 e. The van der Waals surface area contributed by atoms with Crippen LogP contribution in [0.3, 0.4) is 0 Å². The minimum absolute atomic E-state index is 0.0579. The van der Waals surface area contributed by atoms with Gasteiger partial charge in [-0.3, -0.25) is 9.48 Å². The van der Waals surface area contributed by atoms with Crippen LogP contribution in [0, 0.1) is 25.5 Å². The zero-order valence-electron chi connectivity index (χ0n) is 10.4. The topological polar surface area (TPSA) is 34.9 Å². The summed E-state index contributed by atoms with van der Waals surface area (Å²) in [6.45, 7) is 3.32. The molecule has 0 atom stereocenters. The quantitative estimate of drug-likeness (QED) is 0.639. The molecular weight excluding hydrogens is 318 g/mol. The molecule has 0 spiro atoms. The number of aryl methyl sites for hydroxylation is 1. The average Bonchev–Trinajstić information content (AvgIpc) is 2.64. The first-order chi connectivity index (χ1) is 8.95. The highest BCUT2D eigenvalue weighted by Crippen LogP contribution is 2.23. The molecular formula is C13H11BrF2N2O. The van der Waals surface area contributed by atoms with Gasteiger partial charge in [-0.2, -0.15) is 5.10 Å². The molecule has 0 unspecified atom stereocenters. The van der Waals surface area contributed by atoms with Crippen LogP contribution in [-0.2, 0) is 6.54 Å². The van der Waals surface area contributed by atoms with E-state index in [1.54, 1.807) is 13.8 Å². The van der Waals surface area contributed by atoms with Crippen LogP contribution in [0.4, 0.5) is 8.78 Å². The Morgan fingerprint density at radius 3 is 2.63 bits per heavy atom. The second-order valence-electron chi connectivity index (χ2n) is 4.18. The smallest absolute Gasteiger partial charge is 0.153 e. The van der Waals surface area contributed by atoms with Crippen molar-refractivity contribution in [1.29, 1.82) is 0 Å². The summed E-state index contributed by atoms with van der Waals surface area (Å²) in [6.07, 6.45) is 0.696. The van der Waals surface area contributed by atoms with Crippen LogP contribution in [-0.4, -0.2) is 16.1 Å². The molecule has 0 bridgehead atoms. The summed E-state index contributed by atoms with van der Waals surface area (Å²) in [4.78, 5) is 10.9. The fraction of sp³-hybridized carbons (Fsp3) is 0.231.